The number of rotatable bonds is 6. The van der Waals surface area contributed by atoms with Crippen LogP contribution in [0.5, 0.6) is 0 Å². The van der Waals surface area contributed by atoms with E-state index in [2.05, 4.69) is 52.3 Å². The molecule has 1 unspecified atom stereocenters. The van der Waals surface area contributed by atoms with Crippen LogP contribution in [0, 0.1) is 0 Å². The van der Waals surface area contributed by atoms with Crippen LogP contribution < -0.4 is 0 Å². The van der Waals surface area contributed by atoms with Gasteiger partial charge in [-0.05, 0) is 18.9 Å². The predicted octanol–water partition coefficient (Wildman–Crippen LogP) is 3.09. The lowest BCUT2D eigenvalue weighted by Gasteiger charge is -2.31. The van der Waals surface area contributed by atoms with Crippen LogP contribution >= 0.6 is 0 Å². The molecule has 3 aromatic rings. The van der Waals surface area contributed by atoms with Crippen LogP contribution in [-0.4, -0.2) is 44.5 Å². The largest absolute Gasteiger partial charge is 0.371 e. The zero-order valence-electron chi connectivity index (χ0n) is 15.8. The highest BCUT2D eigenvalue weighted by molar-refractivity contribution is 5.54. The lowest BCUT2D eigenvalue weighted by Crippen LogP contribution is -2.37. The van der Waals surface area contributed by atoms with Gasteiger partial charge in [0.05, 0.1) is 25.5 Å². The molecule has 4 rings (SSSR count). The van der Waals surface area contributed by atoms with Crippen molar-refractivity contribution in [2.75, 3.05) is 19.7 Å². The van der Waals surface area contributed by atoms with Crippen molar-refractivity contribution in [2.24, 2.45) is 0 Å². The molecule has 0 saturated carbocycles. The molecule has 7 nitrogen and oxygen atoms in total. The number of benzene rings is 1. The lowest BCUT2D eigenvalue weighted by atomic mass is 10.1. The smallest absolute Gasteiger partial charge is 0.241 e. The van der Waals surface area contributed by atoms with E-state index in [0.29, 0.717) is 24.9 Å². The van der Waals surface area contributed by atoms with E-state index in [4.69, 9.17) is 9.26 Å². The first-order valence-electron chi connectivity index (χ1n) is 9.53. The van der Waals surface area contributed by atoms with E-state index >= 15 is 0 Å². The third kappa shape index (κ3) is 4.09. The molecule has 1 atom stereocenters. The van der Waals surface area contributed by atoms with Crippen LogP contribution in [0.1, 0.15) is 37.0 Å². The zero-order valence-corrected chi connectivity index (χ0v) is 15.8. The Labute approximate surface area is 158 Å². The van der Waals surface area contributed by atoms with Crippen molar-refractivity contribution in [1.82, 2.24) is 24.8 Å². The van der Waals surface area contributed by atoms with Crippen LogP contribution in [0.15, 0.2) is 41.2 Å². The van der Waals surface area contributed by atoms with Crippen molar-refractivity contribution in [3.63, 3.8) is 0 Å². The van der Waals surface area contributed by atoms with Crippen molar-refractivity contribution in [1.29, 1.82) is 0 Å². The summed E-state index contributed by atoms with van der Waals surface area (Å²) >= 11 is 0. The number of morpholine rings is 1. The summed E-state index contributed by atoms with van der Waals surface area (Å²) in [5.74, 6) is 1.27. The first-order valence-corrected chi connectivity index (χ1v) is 9.53. The molecule has 142 valence electrons. The monoisotopic (exact) mass is 367 g/mol. The predicted molar refractivity (Wildman–Crippen MR) is 101 cm³/mol. The molecule has 1 saturated heterocycles. The van der Waals surface area contributed by atoms with Crippen molar-refractivity contribution < 1.29 is 9.26 Å². The van der Waals surface area contributed by atoms with Gasteiger partial charge in [0.2, 0.25) is 11.7 Å². The van der Waals surface area contributed by atoms with Gasteiger partial charge in [-0.1, -0.05) is 36.3 Å². The molecule has 0 amide bonds. The molecule has 27 heavy (non-hydrogen) atoms. The molecule has 1 fully saturated rings. The van der Waals surface area contributed by atoms with Gasteiger partial charge in [-0.2, -0.15) is 10.1 Å². The van der Waals surface area contributed by atoms with Gasteiger partial charge >= 0.3 is 0 Å². The van der Waals surface area contributed by atoms with E-state index < -0.39 is 0 Å². The molecule has 3 heterocycles. The summed E-state index contributed by atoms with van der Waals surface area (Å²) in [6, 6.07) is 8.30. The molecule has 0 bridgehead atoms. The minimum absolute atomic E-state index is 0.0306. The van der Waals surface area contributed by atoms with Crippen molar-refractivity contribution >= 4 is 0 Å². The topological polar surface area (TPSA) is 69.2 Å². The van der Waals surface area contributed by atoms with Crippen LogP contribution in [0.25, 0.3) is 11.4 Å². The van der Waals surface area contributed by atoms with E-state index in [0.717, 1.165) is 37.2 Å². The maximum absolute atomic E-state index is 5.92. The average Bonchev–Trinajstić information content (AvgIpc) is 3.38. The standard InChI is InChI=1S/C20H25N5O2/c1-3-15-5-7-16(8-6-15)20-22-19(27-23-20)14-24-9-10-26-18(13-24)17-11-21-25(4-2)12-17/h5-8,11-12,18H,3-4,9-10,13-14H2,1-2H3. The van der Waals surface area contributed by atoms with Gasteiger partial charge in [0.25, 0.3) is 0 Å². The highest BCUT2D eigenvalue weighted by atomic mass is 16.5. The Kier molecular flexibility index (Phi) is 5.31. The number of nitrogens with zero attached hydrogens (tertiary/aromatic N) is 5. The van der Waals surface area contributed by atoms with E-state index in [-0.39, 0.29) is 6.10 Å². The van der Waals surface area contributed by atoms with Crippen molar-refractivity contribution in [3.8, 4) is 11.4 Å². The summed E-state index contributed by atoms with van der Waals surface area (Å²) in [5, 5.41) is 8.49. The molecule has 7 heteroatoms. The molecule has 1 aromatic carbocycles. The van der Waals surface area contributed by atoms with Gasteiger partial charge < -0.3 is 9.26 Å². The zero-order chi connectivity index (χ0) is 18.6. The summed E-state index contributed by atoms with van der Waals surface area (Å²) in [5.41, 5.74) is 3.39. The Morgan fingerprint density at radius 1 is 1.19 bits per heavy atom. The molecule has 1 aliphatic rings. The third-order valence-electron chi connectivity index (χ3n) is 4.95. The number of hydrogen-bond acceptors (Lipinski definition) is 6. The minimum atomic E-state index is 0.0306. The van der Waals surface area contributed by atoms with Gasteiger partial charge in [0.1, 0.15) is 0 Å². The molecule has 0 spiro atoms. The van der Waals surface area contributed by atoms with Gasteiger partial charge in [-0.25, -0.2) is 0 Å². The molecule has 1 aliphatic heterocycles. The number of ether oxygens (including phenoxy) is 1. The van der Waals surface area contributed by atoms with E-state index in [1.165, 1.54) is 5.56 Å². The molecule has 0 aliphatic carbocycles. The van der Waals surface area contributed by atoms with Crippen LogP contribution in [0.4, 0.5) is 0 Å². The van der Waals surface area contributed by atoms with Crippen molar-refractivity contribution in [2.45, 2.75) is 39.5 Å². The van der Waals surface area contributed by atoms with E-state index in [1.807, 2.05) is 23.0 Å². The Balaban J connectivity index is 1.40. The number of hydrogen-bond donors (Lipinski definition) is 0. The van der Waals surface area contributed by atoms with Crippen LogP contribution in [0.2, 0.25) is 0 Å². The maximum atomic E-state index is 5.92. The number of aromatic nitrogens is 4. The quantitative estimate of drug-likeness (QED) is 0.667. The summed E-state index contributed by atoms with van der Waals surface area (Å²) < 4.78 is 13.3. The first kappa shape index (κ1) is 17.9. The summed E-state index contributed by atoms with van der Waals surface area (Å²) in [6.45, 7) is 8.03. The Hall–Kier alpha value is -2.51. The highest BCUT2D eigenvalue weighted by Gasteiger charge is 2.24. The summed E-state index contributed by atoms with van der Waals surface area (Å²) in [7, 11) is 0. The third-order valence-corrected chi connectivity index (χ3v) is 4.95. The van der Waals surface area contributed by atoms with Gasteiger partial charge in [-0.15, -0.1) is 0 Å². The Morgan fingerprint density at radius 2 is 2.04 bits per heavy atom. The van der Waals surface area contributed by atoms with Crippen LogP contribution in [0.3, 0.4) is 0 Å². The first-order chi connectivity index (χ1) is 13.2. The second kappa shape index (κ2) is 8.02. The fourth-order valence-electron chi connectivity index (χ4n) is 3.28. The van der Waals surface area contributed by atoms with E-state index in [1.54, 1.807) is 0 Å². The highest BCUT2D eigenvalue weighted by Crippen LogP contribution is 2.23. The SMILES string of the molecule is CCc1ccc(-c2noc(CN3CCOC(c4cnn(CC)c4)C3)n2)cc1. The minimum Gasteiger partial charge on any atom is -0.371 e. The Morgan fingerprint density at radius 3 is 2.78 bits per heavy atom. The molecule has 0 N–H and O–H groups in total. The normalized spacial score (nSPS) is 18.1. The van der Waals surface area contributed by atoms with Gasteiger partial charge in [0.15, 0.2) is 0 Å². The van der Waals surface area contributed by atoms with Crippen LogP contribution in [-0.2, 0) is 24.2 Å². The second-order valence-corrected chi connectivity index (χ2v) is 6.79. The fraction of sp³-hybridized carbons (Fsp3) is 0.450. The molecule has 2 aromatic heterocycles. The van der Waals surface area contributed by atoms with Gasteiger partial charge in [0, 0.05) is 37.0 Å². The maximum Gasteiger partial charge on any atom is 0.241 e. The average molecular weight is 367 g/mol. The van der Waals surface area contributed by atoms with Gasteiger partial charge in [-0.3, -0.25) is 9.58 Å². The molecule has 0 radical (unpaired) electrons. The van der Waals surface area contributed by atoms with E-state index in [9.17, 15) is 0 Å². The molecular formula is C20H25N5O2. The van der Waals surface area contributed by atoms with Crippen molar-refractivity contribution in [3.05, 3.63) is 53.7 Å². The lowest BCUT2D eigenvalue weighted by molar-refractivity contribution is -0.0356. The fourth-order valence-corrected chi connectivity index (χ4v) is 3.28. The summed E-state index contributed by atoms with van der Waals surface area (Å²) in [4.78, 5) is 6.86. The number of aryl methyl sites for hydroxylation is 2. The summed E-state index contributed by atoms with van der Waals surface area (Å²) in [6.07, 6.45) is 5.00. The molecular weight excluding hydrogens is 342 g/mol. The Bertz CT molecular complexity index is 871. The second-order valence-electron chi connectivity index (χ2n) is 6.79.